The van der Waals surface area contributed by atoms with Crippen molar-refractivity contribution in [3.63, 3.8) is 0 Å². The van der Waals surface area contributed by atoms with Gasteiger partial charge in [-0.15, -0.1) is 0 Å². The fourth-order valence-electron chi connectivity index (χ4n) is 1.97. The number of aryl methyl sites for hydroxylation is 2. The minimum absolute atomic E-state index is 0.527. The summed E-state index contributed by atoms with van der Waals surface area (Å²) in [6.45, 7) is 4.36. The van der Waals surface area contributed by atoms with Gasteiger partial charge in [-0.2, -0.15) is 0 Å². The van der Waals surface area contributed by atoms with Gasteiger partial charge in [0.05, 0.1) is 11.4 Å². The van der Waals surface area contributed by atoms with Crippen LogP contribution in [-0.2, 0) is 11.3 Å². The number of oxime groups is 1. The van der Waals surface area contributed by atoms with Crippen LogP contribution in [0.4, 0.5) is 0 Å². The highest BCUT2D eigenvalue weighted by molar-refractivity contribution is 5.96. The predicted molar refractivity (Wildman–Crippen MR) is 95.7 cm³/mol. The molecule has 24 heavy (non-hydrogen) atoms. The third kappa shape index (κ3) is 6.66. The lowest BCUT2D eigenvalue weighted by atomic mass is 10.2. The summed E-state index contributed by atoms with van der Waals surface area (Å²) in [7, 11) is 1.00. The largest absolute Gasteiger partial charge is 0.400 e. The first kappa shape index (κ1) is 19.4. The van der Waals surface area contributed by atoms with Gasteiger partial charge in [0.2, 0.25) is 0 Å². The Labute approximate surface area is 142 Å². The summed E-state index contributed by atoms with van der Waals surface area (Å²) in [4.78, 5) is 14.1. The zero-order valence-corrected chi connectivity index (χ0v) is 14.4. The van der Waals surface area contributed by atoms with Crippen LogP contribution < -0.4 is 0 Å². The van der Waals surface area contributed by atoms with E-state index >= 15 is 0 Å². The second-order valence-corrected chi connectivity index (χ2v) is 4.98. The standard InChI is InChI=1S/C17H20N4O.CH4O/c1-13-6-3-10-17(19-13)14(2)21-22-11-5-9-15-7-4-8-16(12-18)20-15;1-2/h3-4,6-8,10,12,18H,5,9,11H2,1-2H3;2H,1H3/b18-12?,21-14+;. The second-order valence-electron chi connectivity index (χ2n) is 4.98. The zero-order valence-electron chi connectivity index (χ0n) is 14.4. The molecule has 2 aromatic rings. The Balaban J connectivity index is 0.00000139. The summed E-state index contributed by atoms with van der Waals surface area (Å²) in [5.41, 5.74) is 4.21. The van der Waals surface area contributed by atoms with Crippen LogP contribution in [0.2, 0.25) is 0 Å². The van der Waals surface area contributed by atoms with Crippen LogP contribution in [0.3, 0.4) is 0 Å². The van der Waals surface area contributed by atoms with Gasteiger partial charge in [0, 0.05) is 24.7 Å². The van der Waals surface area contributed by atoms with Crippen LogP contribution in [0.5, 0.6) is 0 Å². The van der Waals surface area contributed by atoms with Crippen LogP contribution in [0, 0.1) is 12.3 Å². The molecular formula is C18H24N4O2. The van der Waals surface area contributed by atoms with E-state index in [-0.39, 0.29) is 0 Å². The van der Waals surface area contributed by atoms with E-state index in [2.05, 4.69) is 15.1 Å². The Morgan fingerprint density at radius 3 is 2.67 bits per heavy atom. The van der Waals surface area contributed by atoms with Crippen LogP contribution >= 0.6 is 0 Å². The van der Waals surface area contributed by atoms with Crippen LogP contribution in [-0.4, -0.2) is 40.7 Å². The highest BCUT2D eigenvalue weighted by Gasteiger charge is 2.00. The molecule has 0 aliphatic rings. The third-order valence-electron chi connectivity index (χ3n) is 3.11. The fourth-order valence-corrected chi connectivity index (χ4v) is 1.97. The maximum absolute atomic E-state index is 7.19. The maximum atomic E-state index is 7.19. The molecule has 0 aliphatic carbocycles. The molecule has 0 amide bonds. The Morgan fingerprint density at radius 2 is 1.96 bits per heavy atom. The van der Waals surface area contributed by atoms with Crippen LogP contribution in [0.15, 0.2) is 41.6 Å². The molecule has 2 rings (SSSR count). The smallest absolute Gasteiger partial charge is 0.117 e. The number of hydrogen-bond donors (Lipinski definition) is 2. The van der Waals surface area contributed by atoms with Gasteiger partial charge in [0.1, 0.15) is 12.3 Å². The first-order valence-electron chi connectivity index (χ1n) is 7.71. The molecule has 0 unspecified atom stereocenters. The predicted octanol–water partition coefficient (Wildman–Crippen LogP) is 2.76. The number of rotatable bonds is 7. The van der Waals surface area contributed by atoms with E-state index in [0.717, 1.165) is 42.7 Å². The van der Waals surface area contributed by atoms with E-state index in [4.69, 9.17) is 15.4 Å². The molecule has 0 saturated heterocycles. The number of hydrogen-bond acceptors (Lipinski definition) is 6. The Morgan fingerprint density at radius 1 is 1.21 bits per heavy atom. The van der Waals surface area contributed by atoms with Crippen molar-refractivity contribution in [2.45, 2.75) is 26.7 Å². The minimum atomic E-state index is 0.527. The van der Waals surface area contributed by atoms with Crippen molar-refractivity contribution in [1.82, 2.24) is 9.97 Å². The third-order valence-corrected chi connectivity index (χ3v) is 3.11. The summed E-state index contributed by atoms with van der Waals surface area (Å²) >= 11 is 0. The van der Waals surface area contributed by atoms with Crippen molar-refractivity contribution in [2.75, 3.05) is 13.7 Å². The second kappa shape index (κ2) is 11.0. The lowest BCUT2D eigenvalue weighted by Crippen LogP contribution is -2.02. The molecule has 0 spiro atoms. The van der Waals surface area contributed by atoms with Gasteiger partial charge in [-0.1, -0.05) is 17.3 Å². The van der Waals surface area contributed by atoms with Gasteiger partial charge in [-0.25, -0.2) is 0 Å². The molecule has 0 saturated carbocycles. The number of aliphatic hydroxyl groups is 1. The van der Waals surface area contributed by atoms with Crippen molar-refractivity contribution in [2.24, 2.45) is 5.16 Å². The monoisotopic (exact) mass is 328 g/mol. The number of aromatic nitrogens is 2. The summed E-state index contributed by atoms with van der Waals surface area (Å²) in [5.74, 6) is 0. The van der Waals surface area contributed by atoms with Gasteiger partial charge in [-0.3, -0.25) is 9.97 Å². The van der Waals surface area contributed by atoms with E-state index in [1.165, 1.54) is 6.21 Å². The highest BCUT2D eigenvalue weighted by atomic mass is 16.6. The van der Waals surface area contributed by atoms with Crippen LogP contribution in [0.1, 0.15) is 36.1 Å². The average Bonchev–Trinajstić information content (AvgIpc) is 2.63. The number of aliphatic hydroxyl groups excluding tert-OH is 1. The normalized spacial score (nSPS) is 10.6. The van der Waals surface area contributed by atoms with E-state index in [0.29, 0.717) is 12.3 Å². The van der Waals surface area contributed by atoms with Crippen molar-refractivity contribution in [3.8, 4) is 0 Å². The molecule has 2 N–H and O–H groups in total. The maximum Gasteiger partial charge on any atom is 0.117 e. The highest BCUT2D eigenvalue weighted by Crippen LogP contribution is 2.03. The first-order chi connectivity index (χ1) is 11.7. The van der Waals surface area contributed by atoms with Crippen molar-refractivity contribution >= 4 is 11.9 Å². The molecule has 0 atom stereocenters. The van der Waals surface area contributed by atoms with E-state index in [1.807, 2.05) is 50.2 Å². The van der Waals surface area contributed by atoms with Crippen molar-refractivity contribution in [3.05, 3.63) is 59.2 Å². The molecule has 128 valence electrons. The quantitative estimate of drug-likeness (QED) is 0.464. The molecule has 0 radical (unpaired) electrons. The molecule has 0 bridgehead atoms. The lowest BCUT2D eigenvalue weighted by molar-refractivity contribution is 0.141. The SMILES string of the molecule is C/C(=N\OCCCc1cccc(C=N)n1)c1cccc(C)n1.CO. The summed E-state index contributed by atoms with van der Waals surface area (Å²) < 4.78 is 0. The Bertz CT molecular complexity index is 672. The summed E-state index contributed by atoms with van der Waals surface area (Å²) in [6.07, 6.45) is 2.88. The summed E-state index contributed by atoms with van der Waals surface area (Å²) in [6, 6.07) is 11.5. The molecule has 0 aromatic carbocycles. The fraction of sp³-hybridized carbons (Fsp3) is 0.333. The minimum Gasteiger partial charge on any atom is -0.400 e. The lowest BCUT2D eigenvalue weighted by Gasteiger charge is -2.03. The topological polar surface area (TPSA) is 91.5 Å². The Hall–Kier alpha value is -2.60. The van der Waals surface area contributed by atoms with Crippen molar-refractivity contribution < 1.29 is 9.94 Å². The van der Waals surface area contributed by atoms with E-state index in [1.54, 1.807) is 0 Å². The molecule has 0 aliphatic heterocycles. The molecule has 6 heteroatoms. The average molecular weight is 328 g/mol. The molecule has 6 nitrogen and oxygen atoms in total. The van der Waals surface area contributed by atoms with Gasteiger partial charge < -0.3 is 15.4 Å². The van der Waals surface area contributed by atoms with Crippen molar-refractivity contribution in [1.29, 1.82) is 5.41 Å². The molecular weight excluding hydrogens is 304 g/mol. The number of pyridine rings is 2. The van der Waals surface area contributed by atoms with E-state index in [9.17, 15) is 0 Å². The number of nitrogens with zero attached hydrogens (tertiary/aromatic N) is 3. The zero-order chi connectivity index (χ0) is 17.8. The van der Waals surface area contributed by atoms with Gasteiger partial charge in [-0.05, 0) is 51.0 Å². The number of nitrogens with one attached hydrogen (secondary N) is 1. The van der Waals surface area contributed by atoms with Gasteiger partial charge >= 0.3 is 0 Å². The molecule has 2 aromatic heterocycles. The van der Waals surface area contributed by atoms with Gasteiger partial charge in [0.25, 0.3) is 0 Å². The first-order valence-corrected chi connectivity index (χ1v) is 7.71. The molecule has 2 heterocycles. The van der Waals surface area contributed by atoms with Crippen LogP contribution in [0.25, 0.3) is 0 Å². The van der Waals surface area contributed by atoms with Gasteiger partial charge in [0.15, 0.2) is 0 Å². The molecule has 0 fully saturated rings. The Kier molecular flexibility index (Phi) is 8.93. The summed E-state index contributed by atoms with van der Waals surface area (Å²) in [5, 5.41) is 18.3. The van der Waals surface area contributed by atoms with E-state index < -0.39 is 0 Å².